The number of fused-ring (bicyclic) bond motifs is 1. The quantitative estimate of drug-likeness (QED) is 0.882. The molecule has 0 aliphatic carbocycles. The van der Waals surface area contributed by atoms with Gasteiger partial charge in [-0.3, -0.25) is 0 Å². The van der Waals surface area contributed by atoms with Crippen molar-refractivity contribution < 1.29 is 4.79 Å². The summed E-state index contributed by atoms with van der Waals surface area (Å²) in [5, 5.41) is 2.83. The van der Waals surface area contributed by atoms with Crippen LogP contribution in [0.3, 0.4) is 0 Å². The minimum atomic E-state index is -0.145. The van der Waals surface area contributed by atoms with Crippen molar-refractivity contribution in [2.24, 2.45) is 10.7 Å². The fourth-order valence-electron chi connectivity index (χ4n) is 2.46. The van der Waals surface area contributed by atoms with E-state index in [4.69, 9.17) is 5.73 Å². The first kappa shape index (κ1) is 15.8. The normalized spacial score (nSPS) is 12.8. The van der Waals surface area contributed by atoms with Gasteiger partial charge in [0.25, 0.3) is 0 Å². The van der Waals surface area contributed by atoms with Crippen LogP contribution in [0.2, 0.25) is 0 Å². The summed E-state index contributed by atoms with van der Waals surface area (Å²) in [6.45, 7) is 0. The van der Waals surface area contributed by atoms with E-state index in [0.717, 1.165) is 28.1 Å². The van der Waals surface area contributed by atoms with Gasteiger partial charge in [-0.15, -0.1) is 0 Å². The number of rotatable bonds is 2. The Hall–Kier alpha value is -3.08. The Kier molecular flexibility index (Phi) is 4.33. The lowest BCUT2D eigenvalue weighted by atomic mass is 10.0. The summed E-state index contributed by atoms with van der Waals surface area (Å²) < 4.78 is 0. The summed E-state index contributed by atoms with van der Waals surface area (Å²) in [6, 6.07) is 13.7. The van der Waals surface area contributed by atoms with Gasteiger partial charge in [-0.2, -0.15) is 0 Å². The van der Waals surface area contributed by atoms with Crippen LogP contribution in [0.15, 0.2) is 53.5 Å². The second-order valence-corrected chi connectivity index (χ2v) is 5.89. The van der Waals surface area contributed by atoms with Crippen molar-refractivity contribution in [3.05, 3.63) is 54.1 Å². The van der Waals surface area contributed by atoms with Gasteiger partial charge in [0.15, 0.2) is 0 Å². The predicted molar refractivity (Wildman–Crippen MR) is 99.5 cm³/mol. The third-order valence-corrected chi connectivity index (χ3v) is 3.79. The standard InChI is InChI=1S/C19H20N4O/c1-23(2)19(24)21-16-9-6-13(7-10-16)14-8-11-17-15(12-14)4-3-5-18(20)22-17/h3-4,6-12H,5H2,1-2H3,(H2,20,22)(H,21,24). The zero-order valence-corrected chi connectivity index (χ0v) is 13.8. The van der Waals surface area contributed by atoms with E-state index in [-0.39, 0.29) is 6.03 Å². The largest absolute Gasteiger partial charge is 0.387 e. The average Bonchev–Trinajstić information content (AvgIpc) is 2.75. The smallest absolute Gasteiger partial charge is 0.321 e. The van der Waals surface area contributed by atoms with Crippen molar-refractivity contribution >= 4 is 29.3 Å². The van der Waals surface area contributed by atoms with Crippen molar-refractivity contribution in [1.82, 2.24) is 4.90 Å². The van der Waals surface area contributed by atoms with Crippen LogP contribution in [0.25, 0.3) is 17.2 Å². The van der Waals surface area contributed by atoms with E-state index in [1.165, 1.54) is 4.90 Å². The van der Waals surface area contributed by atoms with Crippen LogP contribution in [-0.2, 0) is 0 Å². The van der Waals surface area contributed by atoms with Crippen molar-refractivity contribution in [1.29, 1.82) is 0 Å². The maximum Gasteiger partial charge on any atom is 0.321 e. The van der Waals surface area contributed by atoms with Crippen LogP contribution in [0.4, 0.5) is 16.2 Å². The van der Waals surface area contributed by atoms with Gasteiger partial charge >= 0.3 is 6.03 Å². The molecule has 1 heterocycles. The number of aliphatic imine (C=N–C) groups is 1. The summed E-state index contributed by atoms with van der Waals surface area (Å²) >= 11 is 0. The fourth-order valence-corrected chi connectivity index (χ4v) is 2.46. The van der Waals surface area contributed by atoms with E-state index in [1.807, 2.05) is 48.6 Å². The molecule has 0 aromatic heterocycles. The highest BCUT2D eigenvalue weighted by molar-refractivity contribution is 5.90. The first-order valence-corrected chi connectivity index (χ1v) is 7.75. The van der Waals surface area contributed by atoms with Gasteiger partial charge < -0.3 is 16.0 Å². The van der Waals surface area contributed by atoms with Crippen LogP contribution >= 0.6 is 0 Å². The number of hydrogen-bond acceptors (Lipinski definition) is 3. The number of nitrogens with one attached hydrogen (secondary N) is 1. The van der Waals surface area contributed by atoms with Crippen LogP contribution in [0.5, 0.6) is 0 Å². The summed E-state index contributed by atoms with van der Waals surface area (Å²) in [4.78, 5) is 17.6. The number of hydrogen-bond donors (Lipinski definition) is 2. The Morgan fingerprint density at radius 1 is 1.12 bits per heavy atom. The Bertz CT molecular complexity index is 820. The van der Waals surface area contributed by atoms with Crippen molar-refractivity contribution in [2.75, 3.05) is 19.4 Å². The molecule has 0 bridgehead atoms. The number of amidine groups is 1. The number of carbonyl (C=O) groups is 1. The molecular formula is C19H20N4O. The second kappa shape index (κ2) is 6.58. The first-order chi connectivity index (χ1) is 11.5. The molecule has 0 fully saturated rings. The molecule has 122 valence electrons. The van der Waals surface area contributed by atoms with Crippen molar-refractivity contribution in [3.8, 4) is 11.1 Å². The van der Waals surface area contributed by atoms with Crippen LogP contribution < -0.4 is 11.1 Å². The van der Waals surface area contributed by atoms with E-state index >= 15 is 0 Å². The molecular weight excluding hydrogens is 300 g/mol. The Balaban J connectivity index is 1.85. The molecule has 0 saturated carbocycles. The zero-order chi connectivity index (χ0) is 17.1. The summed E-state index contributed by atoms with van der Waals surface area (Å²) in [7, 11) is 3.42. The van der Waals surface area contributed by atoms with Crippen LogP contribution in [0.1, 0.15) is 12.0 Å². The Labute approximate surface area is 141 Å². The molecule has 5 heteroatoms. The van der Waals surface area contributed by atoms with E-state index in [9.17, 15) is 4.79 Å². The third kappa shape index (κ3) is 3.46. The number of nitrogens with zero attached hydrogens (tertiary/aromatic N) is 2. The molecule has 0 unspecified atom stereocenters. The van der Waals surface area contributed by atoms with Crippen molar-refractivity contribution in [2.45, 2.75) is 6.42 Å². The zero-order valence-electron chi connectivity index (χ0n) is 13.8. The maximum atomic E-state index is 11.7. The molecule has 0 spiro atoms. The van der Waals surface area contributed by atoms with Gasteiger partial charge in [-0.1, -0.05) is 30.4 Å². The van der Waals surface area contributed by atoms with Gasteiger partial charge in [0.2, 0.25) is 0 Å². The lowest BCUT2D eigenvalue weighted by Crippen LogP contribution is -2.27. The molecule has 2 aromatic carbocycles. The van der Waals surface area contributed by atoms with Gasteiger partial charge in [-0.25, -0.2) is 9.79 Å². The summed E-state index contributed by atoms with van der Waals surface area (Å²) in [6.07, 6.45) is 4.74. The first-order valence-electron chi connectivity index (χ1n) is 7.75. The number of nitrogens with two attached hydrogens (primary N) is 1. The molecule has 24 heavy (non-hydrogen) atoms. The minimum absolute atomic E-state index is 0.145. The van der Waals surface area contributed by atoms with Crippen LogP contribution in [-0.4, -0.2) is 30.9 Å². The number of urea groups is 1. The highest BCUT2D eigenvalue weighted by Crippen LogP contribution is 2.30. The number of carbonyl (C=O) groups excluding carboxylic acids is 1. The van der Waals surface area contributed by atoms with Gasteiger partial charge in [0, 0.05) is 31.8 Å². The molecule has 0 saturated heterocycles. The number of benzene rings is 2. The molecule has 1 aliphatic rings. The monoisotopic (exact) mass is 320 g/mol. The van der Waals surface area contributed by atoms with Crippen LogP contribution in [0, 0.1) is 0 Å². The molecule has 3 N–H and O–H groups in total. The highest BCUT2D eigenvalue weighted by Gasteiger charge is 2.07. The fraction of sp³-hybridized carbons (Fsp3) is 0.158. The van der Waals surface area contributed by atoms with E-state index in [0.29, 0.717) is 12.3 Å². The lowest BCUT2D eigenvalue weighted by Gasteiger charge is -2.12. The summed E-state index contributed by atoms with van der Waals surface area (Å²) in [5.41, 5.74) is 10.7. The summed E-state index contributed by atoms with van der Waals surface area (Å²) in [5.74, 6) is 0.624. The highest BCUT2D eigenvalue weighted by atomic mass is 16.2. The van der Waals surface area contributed by atoms with Gasteiger partial charge in [0.1, 0.15) is 5.84 Å². The number of anilines is 1. The molecule has 2 aromatic rings. The molecule has 0 radical (unpaired) electrons. The van der Waals surface area contributed by atoms with Gasteiger partial charge in [0.05, 0.1) is 5.69 Å². The predicted octanol–water partition coefficient (Wildman–Crippen LogP) is 3.85. The van der Waals surface area contributed by atoms with E-state index < -0.39 is 0 Å². The maximum absolute atomic E-state index is 11.7. The lowest BCUT2D eigenvalue weighted by molar-refractivity contribution is 0.230. The third-order valence-electron chi connectivity index (χ3n) is 3.79. The van der Waals surface area contributed by atoms with Crippen molar-refractivity contribution in [3.63, 3.8) is 0 Å². The van der Waals surface area contributed by atoms with E-state index in [1.54, 1.807) is 14.1 Å². The number of amides is 2. The van der Waals surface area contributed by atoms with Gasteiger partial charge in [-0.05, 0) is 35.4 Å². The Morgan fingerprint density at radius 3 is 2.54 bits per heavy atom. The topological polar surface area (TPSA) is 70.7 Å². The minimum Gasteiger partial charge on any atom is -0.387 e. The molecule has 2 amide bonds. The molecule has 5 nitrogen and oxygen atoms in total. The SMILES string of the molecule is CN(C)C(=O)Nc1ccc(-c2ccc3c(c2)C=CCC(N)=N3)cc1. The average molecular weight is 320 g/mol. The molecule has 3 rings (SSSR count). The van der Waals surface area contributed by atoms with E-state index in [2.05, 4.69) is 16.4 Å². The molecule has 1 aliphatic heterocycles. The molecule has 0 atom stereocenters. The second-order valence-electron chi connectivity index (χ2n) is 5.89. The Morgan fingerprint density at radius 2 is 1.83 bits per heavy atom.